The molecule has 0 aliphatic carbocycles. The van der Waals surface area contributed by atoms with E-state index in [2.05, 4.69) is 5.32 Å². The Morgan fingerprint density at radius 1 is 1.00 bits per heavy atom. The number of methoxy groups -OCH3 is 1. The fourth-order valence-corrected chi connectivity index (χ4v) is 6.06. The lowest BCUT2D eigenvalue weighted by Gasteiger charge is -2.33. The van der Waals surface area contributed by atoms with Crippen molar-refractivity contribution in [3.63, 3.8) is 0 Å². The molecule has 1 N–H and O–H groups in total. The number of halogens is 1. The lowest BCUT2D eigenvalue weighted by Crippen LogP contribution is -2.52. The molecule has 3 aromatic rings. The lowest BCUT2D eigenvalue weighted by atomic mass is 10.1. The molecule has 0 bridgehead atoms. The topological polar surface area (TPSA) is 114 Å². The Hall–Kier alpha value is -4.32. The number of anilines is 1. The van der Waals surface area contributed by atoms with Crippen LogP contribution in [0.3, 0.4) is 0 Å². The number of fused-ring (bicyclic) bond motifs is 1. The number of rotatable bonds is 12. The average molecular weight is 600 g/mol. The van der Waals surface area contributed by atoms with Crippen LogP contribution in [0.4, 0.5) is 10.1 Å². The van der Waals surface area contributed by atoms with E-state index in [0.717, 1.165) is 16.4 Å². The summed E-state index contributed by atoms with van der Waals surface area (Å²) in [6.07, 6.45) is 0.285. The van der Waals surface area contributed by atoms with Gasteiger partial charge in [-0.25, -0.2) is 12.8 Å². The van der Waals surface area contributed by atoms with Crippen LogP contribution in [0.2, 0.25) is 0 Å². The summed E-state index contributed by atoms with van der Waals surface area (Å²) in [6.45, 7) is 3.87. The predicted molar refractivity (Wildman–Crippen MR) is 155 cm³/mol. The second-order valence-corrected chi connectivity index (χ2v) is 11.3. The summed E-state index contributed by atoms with van der Waals surface area (Å²) in [6, 6.07) is 15.2. The van der Waals surface area contributed by atoms with E-state index >= 15 is 0 Å². The molecule has 1 heterocycles. The maximum absolute atomic E-state index is 14.1. The van der Waals surface area contributed by atoms with Gasteiger partial charge in [0.1, 0.15) is 37.4 Å². The van der Waals surface area contributed by atoms with Crippen LogP contribution in [0, 0.1) is 5.82 Å². The smallest absolute Gasteiger partial charge is 0.264 e. The molecule has 42 heavy (non-hydrogen) atoms. The van der Waals surface area contributed by atoms with Gasteiger partial charge in [0.05, 0.1) is 17.7 Å². The minimum atomic E-state index is -4.37. The van der Waals surface area contributed by atoms with E-state index in [4.69, 9.17) is 14.2 Å². The number of benzene rings is 3. The van der Waals surface area contributed by atoms with E-state index in [1.807, 2.05) is 0 Å². The highest BCUT2D eigenvalue weighted by molar-refractivity contribution is 7.92. The second kappa shape index (κ2) is 13.6. The zero-order valence-corrected chi connectivity index (χ0v) is 24.5. The van der Waals surface area contributed by atoms with Crippen LogP contribution in [-0.2, 0) is 26.2 Å². The zero-order valence-electron chi connectivity index (χ0n) is 23.7. The van der Waals surface area contributed by atoms with Crippen molar-refractivity contribution < 1.29 is 36.6 Å². The molecule has 224 valence electrons. The molecule has 2 amide bonds. The number of carbonyl (C=O) groups excluding carboxylic acids is 2. The number of nitrogens with one attached hydrogen (secondary N) is 1. The molecule has 10 nitrogen and oxygen atoms in total. The summed E-state index contributed by atoms with van der Waals surface area (Å²) in [7, 11) is -2.85. The van der Waals surface area contributed by atoms with E-state index in [1.54, 1.807) is 38.1 Å². The number of hydrogen-bond donors (Lipinski definition) is 1. The van der Waals surface area contributed by atoms with Crippen LogP contribution in [0.15, 0.2) is 71.6 Å². The Kier molecular flexibility index (Phi) is 9.89. The van der Waals surface area contributed by atoms with E-state index in [9.17, 15) is 22.4 Å². The fraction of sp³-hybridized carbons (Fsp3) is 0.333. The first-order valence-electron chi connectivity index (χ1n) is 13.6. The van der Waals surface area contributed by atoms with Gasteiger partial charge in [-0.2, -0.15) is 0 Å². The zero-order chi connectivity index (χ0) is 30.3. The first-order valence-corrected chi connectivity index (χ1v) is 15.0. The number of nitrogens with zero attached hydrogens (tertiary/aromatic N) is 2. The number of likely N-dealkylation sites (N-methyl/N-ethyl adjacent to an activating group) is 1. The first kappa shape index (κ1) is 30.6. The number of sulfonamides is 1. The van der Waals surface area contributed by atoms with Gasteiger partial charge in [0.25, 0.3) is 10.0 Å². The molecule has 1 aliphatic rings. The number of hydrogen-bond acceptors (Lipinski definition) is 7. The molecule has 0 radical (unpaired) electrons. The van der Waals surface area contributed by atoms with Crippen molar-refractivity contribution in [2.75, 3.05) is 37.7 Å². The Morgan fingerprint density at radius 2 is 1.71 bits per heavy atom. The minimum absolute atomic E-state index is 0.0208. The summed E-state index contributed by atoms with van der Waals surface area (Å²) in [4.78, 5) is 28.3. The van der Waals surface area contributed by atoms with Crippen LogP contribution in [0.25, 0.3) is 0 Å². The first-order chi connectivity index (χ1) is 20.2. The van der Waals surface area contributed by atoms with Gasteiger partial charge in [0, 0.05) is 19.2 Å². The van der Waals surface area contributed by atoms with E-state index in [0.29, 0.717) is 30.2 Å². The number of amides is 2. The summed E-state index contributed by atoms with van der Waals surface area (Å²) >= 11 is 0. The average Bonchev–Trinajstić information content (AvgIpc) is 3.00. The molecule has 0 fully saturated rings. The van der Waals surface area contributed by atoms with Crippen LogP contribution >= 0.6 is 0 Å². The van der Waals surface area contributed by atoms with Gasteiger partial charge in [0.15, 0.2) is 11.5 Å². The molecule has 12 heteroatoms. The van der Waals surface area contributed by atoms with Crippen LogP contribution in [0.5, 0.6) is 17.2 Å². The quantitative estimate of drug-likeness (QED) is 0.337. The molecule has 1 aliphatic heterocycles. The lowest BCUT2D eigenvalue weighted by molar-refractivity contribution is -0.140. The second-order valence-electron chi connectivity index (χ2n) is 9.49. The standard InChI is InChI=1S/C30H34FN3O7S/c1-4-26(30(36)32-5-2)33(19-21-7-6-8-24(17-21)39-3)29(35)20-34(23-11-9-22(31)10-12-23)42(37,38)25-13-14-27-28(18-25)41-16-15-40-27/h6-14,17-18,26H,4-5,15-16,19-20H2,1-3H3,(H,32,36)/t26-/m0/s1. The van der Waals surface area contributed by atoms with Crippen molar-refractivity contribution in [2.45, 2.75) is 37.8 Å². The Labute approximate surface area is 245 Å². The van der Waals surface area contributed by atoms with E-state index in [-0.39, 0.29) is 41.8 Å². The molecule has 4 rings (SSSR count). The maximum atomic E-state index is 14.1. The molecular weight excluding hydrogens is 565 g/mol. The third-order valence-corrected chi connectivity index (χ3v) is 8.49. The molecule has 0 spiro atoms. The van der Waals surface area contributed by atoms with Gasteiger partial charge >= 0.3 is 0 Å². The van der Waals surface area contributed by atoms with Crippen molar-refractivity contribution in [3.05, 3.63) is 78.1 Å². The maximum Gasteiger partial charge on any atom is 0.264 e. The summed E-state index contributed by atoms with van der Waals surface area (Å²) in [5.41, 5.74) is 0.764. The monoisotopic (exact) mass is 599 g/mol. The fourth-order valence-electron chi connectivity index (χ4n) is 4.63. The van der Waals surface area contributed by atoms with E-state index < -0.39 is 34.3 Å². The summed E-state index contributed by atoms with van der Waals surface area (Å²) in [5, 5.41) is 2.76. The number of carbonyl (C=O) groups is 2. The van der Waals surface area contributed by atoms with E-state index in [1.165, 1.54) is 42.3 Å². The Morgan fingerprint density at radius 3 is 2.38 bits per heavy atom. The Bertz CT molecular complexity index is 1520. The summed E-state index contributed by atoms with van der Waals surface area (Å²) in [5.74, 6) is -0.319. The van der Waals surface area contributed by atoms with Crippen molar-refractivity contribution in [1.29, 1.82) is 0 Å². The van der Waals surface area contributed by atoms with Gasteiger partial charge < -0.3 is 24.4 Å². The minimum Gasteiger partial charge on any atom is -0.497 e. The van der Waals surface area contributed by atoms with Crippen molar-refractivity contribution in [1.82, 2.24) is 10.2 Å². The molecule has 0 saturated carbocycles. The largest absolute Gasteiger partial charge is 0.497 e. The normalized spacial score (nSPS) is 13.1. The molecule has 0 unspecified atom stereocenters. The van der Waals surface area contributed by atoms with Crippen LogP contribution < -0.4 is 23.8 Å². The molecule has 3 aromatic carbocycles. The third-order valence-electron chi connectivity index (χ3n) is 6.72. The SMILES string of the molecule is CCNC(=O)[C@H](CC)N(Cc1cccc(OC)c1)C(=O)CN(c1ccc(F)cc1)S(=O)(=O)c1ccc2c(c1)OCCO2. The van der Waals surface area contributed by atoms with Crippen LogP contribution in [0.1, 0.15) is 25.8 Å². The molecule has 0 saturated heterocycles. The molecule has 0 aromatic heterocycles. The molecular formula is C30H34FN3O7S. The van der Waals surface area contributed by atoms with Gasteiger partial charge in [-0.1, -0.05) is 19.1 Å². The number of ether oxygens (including phenoxy) is 3. The van der Waals surface area contributed by atoms with Crippen molar-refractivity contribution in [3.8, 4) is 17.2 Å². The van der Waals surface area contributed by atoms with Gasteiger partial charge in [-0.05, 0) is 67.4 Å². The molecule has 1 atom stereocenters. The highest BCUT2D eigenvalue weighted by atomic mass is 32.2. The van der Waals surface area contributed by atoms with Gasteiger partial charge in [0.2, 0.25) is 11.8 Å². The van der Waals surface area contributed by atoms with Crippen LogP contribution in [-0.4, -0.2) is 64.6 Å². The Balaban J connectivity index is 1.74. The highest BCUT2D eigenvalue weighted by Gasteiger charge is 2.34. The van der Waals surface area contributed by atoms with Crippen molar-refractivity contribution >= 4 is 27.5 Å². The summed E-state index contributed by atoms with van der Waals surface area (Å²) < 4.78 is 59.2. The van der Waals surface area contributed by atoms with Gasteiger partial charge in [-0.15, -0.1) is 0 Å². The third kappa shape index (κ3) is 6.93. The van der Waals surface area contributed by atoms with Gasteiger partial charge in [-0.3, -0.25) is 13.9 Å². The van der Waals surface area contributed by atoms with Crippen molar-refractivity contribution in [2.24, 2.45) is 0 Å². The predicted octanol–water partition coefficient (Wildman–Crippen LogP) is 3.74. The highest BCUT2D eigenvalue weighted by Crippen LogP contribution is 2.34.